The summed E-state index contributed by atoms with van der Waals surface area (Å²) in [5.74, 6) is 0. The Hall–Kier alpha value is 0.0100. The van der Waals surface area contributed by atoms with Crippen LogP contribution in [0.1, 0.15) is 188 Å². The highest BCUT2D eigenvalue weighted by molar-refractivity contribution is 7.81. The van der Waals surface area contributed by atoms with Crippen molar-refractivity contribution in [2.45, 2.75) is 199 Å². The van der Waals surface area contributed by atoms with Gasteiger partial charge in [0, 0.05) is 11.4 Å². The van der Waals surface area contributed by atoms with Crippen molar-refractivity contribution in [2.75, 3.05) is 6.61 Å². The van der Waals surface area contributed by atoms with Crippen molar-refractivity contribution >= 4 is 12.6 Å². The van der Waals surface area contributed by atoms with Gasteiger partial charge >= 0.3 is 0 Å². The lowest BCUT2D eigenvalue weighted by atomic mass is 10.0. The molecule has 0 saturated carbocycles. The Morgan fingerprint density at radius 2 is 0.946 bits per heavy atom. The van der Waals surface area contributed by atoms with E-state index in [1.165, 1.54) is 148 Å². The van der Waals surface area contributed by atoms with Gasteiger partial charge in [0.2, 0.25) is 0 Å². The fraction of sp³-hybridized carbons (Fsp3) is 0.941. The highest BCUT2D eigenvalue weighted by atomic mass is 32.1. The first-order chi connectivity index (χ1) is 17.9. The van der Waals surface area contributed by atoms with Gasteiger partial charge in [0.15, 0.2) is 0 Å². The molecule has 1 atom stereocenters. The van der Waals surface area contributed by atoms with Crippen LogP contribution in [0.25, 0.3) is 0 Å². The van der Waals surface area contributed by atoms with Crippen LogP contribution in [0.2, 0.25) is 0 Å². The van der Waals surface area contributed by atoms with Crippen LogP contribution in [0.4, 0.5) is 0 Å². The molecule has 0 saturated heterocycles. The van der Waals surface area contributed by atoms with E-state index in [-0.39, 0.29) is 11.4 Å². The molecule has 2 N–H and O–H groups in total. The van der Waals surface area contributed by atoms with Gasteiger partial charge in [0.05, 0.1) is 6.10 Å². The number of hydrogen-bond donors (Lipinski definition) is 3. The van der Waals surface area contributed by atoms with Gasteiger partial charge in [-0.1, -0.05) is 175 Å². The monoisotopic (exact) mass is 543 g/mol. The molecule has 0 rings (SSSR count). The predicted octanol–water partition coefficient (Wildman–Crippen LogP) is 11.4. The maximum atomic E-state index is 9.38. The molecular formula is C34H70O2S. The quantitative estimate of drug-likeness (QED) is 0.0548. The standard InChI is InChI=1S/C18H36O2.C16H34S/c1-2-3-4-5-6-7-8-9-10-11-12-13-14-15-18(20)16-17-19;1-4-5-6-7-8-9-10-11-12-13-14-15-16(2,3)17/h14-15,18-20H,2-13,16-17H2,1H3;17H,4-15H2,1-3H3/b15-14+;. The molecule has 0 aliphatic rings. The summed E-state index contributed by atoms with van der Waals surface area (Å²) in [7, 11) is 0. The number of aliphatic hydroxyl groups excluding tert-OH is 2. The van der Waals surface area contributed by atoms with Gasteiger partial charge in [-0.05, 0) is 25.7 Å². The van der Waals surface area contributed by atoms with Crippen LogP contribution in [-0.2, 0) is 0 Å². The zero-order valence-electron chi connectivity index (χ0n) is 26.0. The van der Waals surface area contributed by atoms with E-state index in [9.17, 15) is 5.11 Å². The lowest BCUT2D eigenvalue weighted by molar-refractivity contribution is 0.170. The van der Waals surface area contributed by atoms with E-state index >= 15 is 0 Å². The normalized spacial score (nSPS) is 12.6. The van der Waals surface area contributed by atoms with Crippen LogP contribution in [0.5, 0.6) is 0 Å². The van der Waals surface area contributed by atoms with E-state index in [0.717, 1.165) is 6.42 Å². The summed E-state index contributed by atoms with van der Waals surface area (Å²) in [4.78, 5) is 0. The number of rotatable bonds is 27. The average Bonchev–Trinajstić information content (AvgIpc) is 2.85. The highest BCUT2D eigenvalue weighted by Crippen LogP contribution is 2.21. The highest BCUT2D eigenvalue weighted by Gasteiger charge is 2.09. The van der Waals surface area contributed by atoms with Crippen molar-refractivity contribution in [2.24, 2.45) is 0 Å². The summed E-state index contributed by atoms with van der Waals surface area (Å²) < 4.78 is 0.235. The molecule has 0 aliphatic heterocycles. The zero-order chi connectivity index (χ0) is 27.9. The Labute approximate surface area is 240 Å². The van der Waals surface area contributed by atoms with Gasteiger partial charge in [-0.2, -0.15) is 12.6 Å². The molecule has 0 aromatic rings. The minimum atomic E-state index is -0.465. The number of unbranched alkanes of at least 4 members (excludes halogenated alkanes) is 21. The molecule has 0 aliphatic carbocycles. The van der Waals surface area contributed by atoms with Crippen LogP contribution >= 0.6 is 12.6 Å². The van der Waals surface area contributed by atoms with E-state index in [4.69, 9.17) is 5.11 Å². The second-order valence-electron chi connectivity index (χ2n) is 11.9. The first-order valence-electron chi connectivity index (χ1n) is 16.5. The lowest BCUT2D eigenvalue weighted by Gasteiger charge is -2.16. The molecule has 3 heteroatoms. The van der Waals surface area contributed by atoms with Crippen molar-refractivity contribution in [3.05, 3.63) is 12.2 Å². The summed E-state index contributed by atoms with van der Waals surface area (Å²) in [5, 5.41) is 18.0. The second-order valence-corrected chi connectivity index (χ2v) is 13.1. The van der Waals surface area contributed by atoms with Gasteiger partial charge in [-0.15, -0.1) is 0 Å². The molecule has 0 amide bonds. The van der Waals surface area contributed by atoms with Gasteiger partial charge in [0.1, 0.15) is 0 Å². The predicted molar refractivity (Wildman–Crippen MR) is 172 cm³/mol. The summed E-state index contributed by atoms with van der Waals surface area (Å²) in [6.45, 7) is 9.04. The van der Waals surface area contributed by atoms with Gasteiger partial charge < -0.3 is 10.2 Å². The minimum Gasteiger partial charge on any atom is -0.396 e. The van der Waals surface area contributed by atoms with E-state index in [1.807, 2.05) is 12.2 Å². The Bertz CT molecular complexity index is 430. The number of aliphatic hydroxyl groups is 2. The molecule has 0 aromatic heterocycles. The summed E-state index contributed by atoms with van der Waals surface area (Å²) in [6, 6.07) is 0. The first-order valence-corrected chi connectivity index (χ1v) is 17.0. The zero-order valence-corrected chi connectivity index (χ0v) is 26.9. The third kappa shape index (κ3) is 40.7. The SMILES string of the molecule is CCCCCCCCCCCCC/C=C/C(O)CCO.CCCCCCCCCCCCCC(C)(C)S. The first kappa shape index (κ1) is 39.2. The van der Waals surface area contributed by atoms with Crippen molar-refractivity contribution in [1.29, 1.82) is 0 Å². The molecule has 224 valence electrons. The summed E-state index contributed by atoms with van der Waals surface area (Å²) >= 11 is 4.55. The molecule has 0 heterocycles. The molecule has 2 nitrogen and oxygen atoms in total. The van der Waals surface area contributed by atoms with Crippen molar-refractivity contribution in [3.63, 3.8) is 0 Å². The smallest absolute Gasteiger partial charge is 0.0742 e. The maximum Gasteiger partial charge on any atom is 0.0742 e. The number of thiol groups is 1. The van der Waals surface area contributed by atoms with Crippen LogP contribution < -0.4 is 0 Å². The summed E-state index contributed by atoms with van der Waals surface area (Å²) in [5.41, 5.74) is 0. The molecule has 0 radical (unpaired) electrons. The Kier molecular flexibility index (Phi) is 34.1. The molecule has 37 heavy (non-hydrogen) atoms. The fourth-order valence-corrected chi connectivity index (χ4v) is 4.79. The van der Waals surface area contributed by atoms with Crippen LogP contribution in [0.3, 0.4) is 0 Å². The van der Waals surface area contributed by atoms with E-state index in [1.54, 1.807) is 0 Å². The largest absolute Gasteiger partial charge is 0.396 e. The van der Waals surface area contributed by atoms with Crippen molar-refractivity contribution in [3.8, 4) is 0 Å². The second kappa shape index (κ2) is 32.2. The molecule has 0 fully saturated rings. The number of hydrogen-bond acceptors (Lipinski definition) is 3. The maximum absolute atomic E-state index is 9.38. The molecular weight excluding hydrogens is 472 g/mol. The number of allylic oxidation sites excluding steroid dienone is 1. The van der Waals surface area contributed by atoms with Crippen molar-refractivity contribution < 1.29 is 10.2 Å². The molecule has 0 aromatic carbocycles. The fourth-order valence-electron chi connectivity index (χ4n) is 4.63. The minimum absolute atomic E-state index is 0.0595. The lowest BCUT2D eigenvalue weighted by Crippen LogP contribution is -2.09. The van der Waals surface area contributed by atoms with E-state index in [2.05, 4.69) is 40.3 Å². The third-order valence-electron chi connectivity index (χ3n) is 7.15. The average molecular weight is 543 g/mol. The van der Waals surface area contributed by atoms with Crippen molar-refractivity contribution in [1.82, 2.24) is 0 Å². The van der Waals surface area contributed by atoms with Gasteiger partial charge in [0.25, 0.3) is 0 Å². The molecule has 1 unspecified atom stereocenters. The third-order valence-corrected chi connectivity index (χ3v) is 7.37. The molecule has 0 spiro atoms. The van der Waals surface area contributed by atoms with E-state index < -0.39 is 6.10 Å². The summed E-state index contributed by atoms with van der Waals surface area (Å²) in [6.07, 6.45) is 37.0. The van der Waals surface area contributed by atoms with Gasteiger partial charge in [-0.3, -0.25) is 0 Å². The Morgan fingerprint density at radius 1 is 0.595 bits per heavy atom. The van der Waals surface area contributed by atoms with Gasteiger partial charge in [-0.25, -0.2) is 0 Å². The van der Waals surface area contributed by atoms with E-state index in [0.29, 0.717) is 6.42 Å². The topological polar surface area (TPSA) is 40.5 Å². The molecule has 0 bridgehead atoms. The Morgan fingerprint density at radius 3 is 1.30 bits per heavy atom. The Balaban J connectivity index is 0. The van der Waals surface area contributed by atoms with Crippen LogP contribution in [0, 0.1) is 0 Å². The van der Waals surface area contributed by atoms with Crippen LogP contribution in [0.15, 0.2) is 12.2 Å². The van der Waals surface area contributed by atoms with Crippen LogP contribution in [-0.4, -0.2) is 27.7 Å².